The van der Waals surface area contributed by atoms with Crippen LogP contribution in [-0.4, -0.2) is 9.78 Å². The molecule has 13 heavy (non-hydrogen) atoms. The molecule has 0 saturated carbocycles. The zero-order valence-corrected chi connectivity index (χ0v) is 8.49. The van der Waals surface area contributed by atoms with E-state index >= 15 is 0 Å². The van der Waals surface area contributed by atoms with Gasteiger partial charge in [0.15, 0.2) is 0 Å². The molecule has 2 N–H and O–H groups in total. The van der Waals surface area contributed by atoms with Crippen molar-refractivity contribution in [3.63, 3.8) is 0 Å². The van der Waals surface area contributed by atoms with Crippen molar-refractivity contribution >= 4 is 0 Å². The predicted octanol–water partition coefficient (Wildman–Crippen LogP) is 1.87. The van der Waals surface area contributed by atoms with Gasteiger partial charge < -0.3 is 5.73 Å². The van der Waals surface area contributed by atoms with Crippen LogP contribution in [0.15, 0.2) is 12.3 Å². The summed E-state index contributed by atoms with van der Waals surface area (Å²) < 4.78 is 2.09. The Morgan fingerprint density at radius 2 is 2.23 bits per heavy atom. The maximum absolute atomic E-state index is 6.02. The summed E-state index contributed by atoms with van der Waals surface area (Å²) in [5.74, 6) is 0. The van der Waals surface area contributed by atoms with Crippen LogP contribution in [0.1, 0.15) is 45.0 Å². The third-order valence-electron chi connectivity index (χ3n) is 2.85. The molecular weight excluding hydrogens is 162 g/mol. The summed E-state index contributed by atoms with van der Waals surface area (Å²) >= 11 is 0. The molecule has 0 radical (unpaired) electrons. The summed E-state index contributed by atoms with van der Waals surface area (Å²) in [6, 6.07) is 2.65. The molecule has 0 fully saturated rings. The Kier molecular flexibility index (Phi) is 1.74. The van der Waals surface area contributed by atoms with Gasteiger partial charge in [0.05, 0.1) is 11.7 Å². The molecule has 0 unspecified atom stereocenters. The van der Waals surface area contributed by atoms with Gasteiger partial charge in [-0.15, -0.1) is 0 Å². The third kappa shape index (κ3) is 1.27. The Labute approximate surface area is 78.9 Å². The van der Waals surface area contributed by atoms with Gasteiger partial charge in [0.1, 0.15) is 0 Å². The lowest BCUT2D eigenvalue weighted by Crippen LogP contribution is -2.22. The number of fused-ring (bicyclic) bond motifs is 1. The molecular formula is C10H17N3. The fourth-order valence-corrected chi connectivity index (χ4v) is 2.06. The Hall–Kier alpha value is -0.830. The second-order valence-corrected chi connectivity index (χ2v) is 4.92. The zero-order valence-electron chi connectivity index (χ0n) is 8.49. The topological polar surface area (TPSA) is 43.8 Å². The van der Waals surface area contributed by atoms with Crippen molar-refractivity contribution in [1.82, 2.24) is 9.78 Å². The van der Waals surface area contributed by atoms with Crippen molar-refractivity contribution in [2.75, 3.05) is 0 Å². The lowest BCUT2D eigenvalue weighted by Gasteiger charge is -2.27. The average molecular weight is 179 g/mol. The first-order valence-corrected chi connectivity index (χ1v) is 4.79. The molecule has 0 amide bonds. The van der Waals surface area contributed by atoms with Crippen molar-refractivity contribution in [1.29, 1.82) is 0 Å². The average Bonchev–Trinajstić information content (AvgIpc) is 2.51. The number of rotatable bonds is 0. The minimum Gasteiger partial charge on any atom is -0.323 e. The fraction of sp³-hybridized carbons (Fsp3) is 0.700. The van der Waals surface area contributed by atoms with Gasteiger partial charge in [-0.3, -0.25) is 4.68 Å². The smallest absolute Gasteiger partial charge is 0.0590 e. The maximum atomic E-state index is 6.02. The van der Waals surface area contributed by atoms with Crippen molar-refractivity contribution in [3.05, 3.63) is 18.0 Å². The van der Waals surface area contributed by atoms with E-state index in [-0.39, 0.29) is 11.5 Å². The van der Waals surface area contributed by atoms with Crippen molar-refractivity contribution in [2.45, 2.75) is 39.3 Å². The monoisotopic (exact) mass is 179 g/mol. The van der Waals surface area contributed by atoms with Crippen molar-refractivity contribution in [3.8, 4) is 0 Å². The Morgan fingerprint density at radius 1 is 1.54 bits per heavy atom. The van der Waals surface area contributed by atoms with E-state index in [0.717, 1.165) is 6.42 Å². The Bertz CT molecular complexity index is 308. The molecule has 0 spiro atoms. The van der Waals surface area contributed by atoms with Crippen LogP contribution in [0, 0.1) is 5.41 Å². The molecule has 1 aliphatic rings. The van der Waals surface area contributed by atoms with Gasteiger partial charge in [-0.25, -0.2) is 0 Å². The lowest BCUT2D eigenvalue weighted by molar-refractivity contribution is 0.230. The van der Waals surface area contributed by atoms with Gasteiger partial charge in [-0.05, 0) is 17.9 Å². The number of aromatic nitrogens is 2. The number of hydrogen-bond donors (Lipinski definition) is 1. The fourth-order valence-electron chi connectivity index (χ4n) is 2.06. The first-order chi connectivity index (χ1) is 6.00. The summed E-state index contributed by atoms with van der Waals surface area (Å²) in [4.78, 5) is 0. The molecule has 0 bridgehead atoms. The van der Waals surface area contributed by atoms with Crippen LogP contribution < -0.4 is 5.73 Å². The highest BCUT2D eigenvalue weighted by Crippen LogP contribution is 2.42. The molecule has 1 aromatic heterocycles. The van der Waals surface area contributed by atoms with Crippen molar-refractivity contribution < 1.29 is 0 Å². The zero-order chi connectivity index (χ0) is 9.64. The van der Waals surface area contributed by atoms with E-state index in [9.17, 15) is 0 Å². The van der Waals surface area contributed by atoms with E-state index in [1.165, 1.54) is 5.69 Å². The lowest BCUT2D eigenvalue weighted by atomic mass is 9.85. The van der Waals surface area contributed by atoms with Crippen LogP contribution in [0.2, 0.25) is 0 Å². The molecule has 72 valence electrons. The summed E-state index contributed by atoms with van der Waals surface area (Å²) in [6.45, 7) is 6.71. The van der Waals surface area contributed by atoms with Crippen LogP contribution in [0.5, 0.6) is 0 Å². The number of nitrogens with two attached hydrogens (primary N) is 1. The van der Waals surface area contributed by atoms with Gasteiger partial charge in [-0.2, -0.15) is 5.10 Å². The van der Waals surface area contributed by atoms with Gasteiger partial charge >= 0.3 is 0 Å². The van der Waals surface area contributed by atoms with Crippen LogP contribution in [0.3, 0.4) is 0 Å². The molecule has 0 aliphatic carbocycles. The highest BCUT2D eigenvalue weighted by molar-refractivity contribution is 5.14. The Morgan fingerprint density at radius 3 is 2.85 bits per heavy atom. The molecule has 3 nitrogen and oxygen atoms in total. The summed E-state index contributed by atoms with van der Waals surface area (Å²) in [7, 11) is 0. The Balaban J connectivity index is 2.39. The molecule has 2 rings (SSSR count). The first kappa shape index (κ1) is 8.75. The molecule has 2 heterocycles. The SMILES string of the molecule is CC(C)(C)[C@H]1C[C@@H](N)c2ccnn21. The molecule has 0 saturated heterocycles. The molecule has 3 heteroatoms. The molecule has 2 atom stereocenters. The number of hydrogen-bond acceptors (Lipinski definition) is 2. The molecule has 1 aromatic rings. The summed E-state index contributed by atoms with van der Waals surface area (Å²) in [5, 5.41) is 4.33. The van der Waals surface area contributed by atoms with Crippen molar-refractivity contribution in [2.24, 2.45) is 11.1 Å². The highest BCUT2D eigenvalue weighted by Gasteiger charge is 2.36. The minimum absolute atomic E-state index is 0.173. The molecule has 1 aliphatic heterocycles. The van der Waals surface area contributed by atoms with E-state index in [0.29, 0.717) is 6.04 Å². The second kappa shape index (κ2) is 2.58. The van der Waals surface area contributed by atoms with Gasteiger partial charge in [0.25, 0.3) is 0 Å². The quantitative estimate of drug-likeness (QED) is 0.660. The number of nitrogens with zero attached hydrogens (tertiary/aromatic N) is 2. The summed E-state index contributed by atoms with van der Waals surface area (Å²) in [6.07, 6.45) is 2.86. The third-order valence-corrected chi connectivity index (χ3v) is 2.85. The van der Waals surface area contributed by atoms with Gasteiger partial charge in [-0.1, -0.05) is 20.8 Å². The van der Waals surface area contributed by atoms with Gasteiger partial charge in [0.2, 0.25) is 0 Å². The van der Waals surface area contributed by atoms with Gasteiger partial charge in [0, 0.05) is 12.2 Å². The van der Waals surface area contributed by atoms with Crippen LogP contribution in [0.4, 0.5) is 0 Å². The largest absolute Gasteiger partial charge is 0.323 e. The van der Waals surface area contributed by atoms with Crippen LogP contribution in [-0.2, 0) is 0 Å². The van der Waals surface area contributed by atoms with E-state index in [1.807, 2.05) is 12.3 Å². The van der Waals surface area contributed by atoms with E-state index in [2.05, 4.69) is 30.6 Å². The molecule has 0 aromatic carbocycles. The highest BCUT2D eigenvalue weighted by atomic mass is 15.3. The summed E-state index contributed by atoms with van der Waals surface area (Å²) in [5.41, 5.74) is 7.44. The van der Waals surface area contributed by atoms with Crippen LogP contribution >= 0.6 is 0 Å². The van der Waals surface area contributed by atoms with E-state index in [1.54, 1.807) is 0 Å². The minimum atomic E-state index is 0.173. The normalized spacial score (nSPS) is 27.7. The predicted molar refractivity (Wildman–Crippen MR) is 52.3 cm³/mol. The maximum Gasteiger partial charge on any atom is 0.0590 e. The van der Waals surface area contributed by atoms with E-state index in [4.69, 9.17) is 5.73 Å². The first-order valence-electron chi connectivity index (χ1n) is 4.79. The van der Waals surface area contributed by atoms with E-state index < -0.39 is 0 Å². The second-order valence-electron chi connectivity index (χ2n) is 4.92. The standard InChI is InChI=1S/C10H17N3/c1-10(2,3)9-6-7(11)8-4-5-12-13(8)9/h4-5,7,9H,6,11H2,1-3H3/t7-,9-/m1/s1. The van der Waals surface area contributed by atoms with Crippen LogP contribution in [0.25, 0.3) is 0 Å².